The number of hydrogen-bond donors (Lipinski definition) is 0. The molecule has 1 aliphatic heterocycles. The van der Waals surface area contributed by atoms with Gasteiger partial charge in [-0.2, -0.15) is 0 Å². The summed E-state index contributed by atoms with van der Waals surface area (Å²) in [6, 6.07) is 17.3. The van der Waals surface area contributed by atoms with Gasteiger partial charge < -0.3 is 23.0 Å². The minimum atomic E-state index is -0.580. The molecule has 0 N–H and O–H groups in total. The van der Waals surface area contributed by atoms with Crippen molar-refractivity contribution < 1.29 is 23.0 Å². The van der Waals surface area contributed by atoms with E-state index in [1.807, 2.05) is 24.3 Å². The largest absolute Gasteiger partial charge is 0.493 e. The molecule has 8 nitrogen and oxygen atoms in total. The fourth-order valence-electron chi connectivity index (χ4n) is 4.82. The summed E-state index contributed by atoms with van der Waals surface area (Å²) < 4.78 is 28.0. The van der Waals surface area contributed by atoms with Crippen LogP contribution in [0, 0.1) is 0 Å². The zero-order valence-corrected chi connectivity index (χ0v) is 21.3. The van der Waals surface area contributed by atoms with Gasteiger partial charge in [0.25, 0.3) is 0 Å². The average Bonchev–Trinajstić information content (AvgIpc) is 2.92. The van der Waals surface area contributed by atoms with E-state index in [9.17, 15) is 9.59 Å². The zero-order valence-electron chi connectivity index (χ0n) is 20.6. The third kappa shape index (κ3) is 4.27. The number of hydrogen-bond acceptors (Lipinski definition) is 8. The number of ether oxygens (including phenoxy) is 3. The van der Waals surface area contributed by atoms with Crippen LogP contribution < -0.4 is 25.5 Å². The van der Waals surface area contributed by atoms with Crippen molar-refractivity contribution in [1.82, 2.24) is 4.90 Å². The van der Waals surface area contributed by atoms with Gasteiger partial charge in [0, 0.05) is 40.5 Å². The van der Waals surface area contributed by atoms with Gasteiger partial charge in [-0.05, 0) is 54.1 Å². The lowest BCUT2D eigenvalue weighted by Crippen LogP contribution is -2.31. The third-order valence-corrected chi connectivity index (χ3v) is 6.83. The van der Waals surface area contributed by atoms with Crippen LogP contribution >= 0.6 is 11.6 Å². The molecule has 3 heterocycles. The van der Waals surface area contributed by atoms with Crippen molar-refractivity contribution in [2.24, 2.45) is 0 Å². The normalized spacial score (nSPS) is 13.3. The highest BCUT2D eigenvalue weighted by Gasteiger charge is 2.24. The van der Waals surface area contributed by atoms with E-state index in [0.29, 0.717) is 69.6 Å². The lowest BCUT2D eigenvalue weighted by Gasteiger charge is -2.29. The Hall–Kier alpha value is -4.27. The Kier molecular flexibility index (Phi) is 6.06. The Bertz CT molecular complexity index is 1820. The minimum absolute atomic E-state index is 0.247. The number of benzene rings is 3. The predicted molar refractivity (Wildman–Crippen MR) is 143 cm³/mol. The van der Waals surface area contributed by atoms with E-state index in [2.05, 4.69) is 4.90 Å². The molecule has 0 radical (unpaired) electrons. The first kappa shape index (κ1) is 24.1. The molecule has 9 heteroatoms. The molecular weight excluding hydrogens is 510 g/mol. The second kappa shape index (κ2) is 9.55. The molecule has 0 unspecified atom stereocenters. The van der Waals surface area contributed by atoms with Gasteiger partial charge in [0.2, 0.25) is 0 Å². The maximum Gasteiger partial charge on any atom is 0.344 e. The van der Waals surface area contributed by atoms with Crippen molar-refractivity contribution in [3.8, 4) is 28.4 Å². The molecule has 1 aliphatic rings. The summed E-state index contributed by atoms with van der Waals surface area (Å²) in [6.07, 6.45) is 0. The van der Waals surface area contributed by atoms with Gasteiger partial charge >= 0.3 is 11.3 Å². The maximum atomic E-state index is 12.9. The van der Waals surface area contributed by atoms with Gasteiger partial charge in [-0.3, -0.25) is 4.90 Å². The van der Waals surface area contributed by atoms with Crippen molar-refractivity contribution in [2.75, 3.05) is 21.0 Å². The third-order valence-electron chi connectivity index (χ3n) is 6.60. The predicted octanol–water partition coefficient (Wildman–Crippen LogP) is 5.59. The molecule has 38 heavy (non-hydrogen) atoms. The van der Waals surface area contributed by atoms with Crippen LogP contribution in [0.15, 0.2) is 79.1 Å². The molecule has 5 aromatic rings. The Morgan fingerprint density at radius 1 is 0.895 bits per heavy atom. The van der Waals surface area contributed by atoms with Crippen LogP contribution in [-0.2, 0) is 13.1 Å². The van der Waals surface area contributed by atoms with Gasteiger partial charge in [0.05, 0.1) is 25.3 Å². The van der Waals surface area contributed by atoms with Crippen LogP contribution in [0.2, 0.25) is 5.02 Å². The molecular formula is C29H22ClNO7. The van der Waals surface area contributed by atoms with Crippen molar-refractivity contribution in [3.05, 3.63) is 97.7 Å². The Morgan fingerprint density at radius 2 is 1.74 bits per heavy atom. The Labute approximate surface area is 221 Å². The van der Waals surface area contributed by atoms with Crippen LogP contribution in [0.4, 0.5) is 0 Å². The van der Waals surface area contributed by atoms with Gasteiger partial charge in [0.1, 0.15) is 23.6 Å². The lowest BCUT2D eigenvalue weighted by atomic mass is 9.99. The first-order chi connectivity index (χ1) is 18.4. The number of halogens is 1. The lowest BCUT2D eigenvalue weighted by molar-refractivity contribution is 0.0889. The van der Waals surface area contributed by atoms with Crippen molar-refractivity contribution >= 4 is 33.5 Å². The van der Waals surface area contributed by atoms with E-state index in [4.69, 9.17) is 34.6 Å². The van der Waals surface area contributed by atoms with E-state index in [1.54, 1.807) is 44.6 Å². The molecule has 0 atom stereocenters. The second-order valence-corrected chi connectivity index (χ2v) is 9.41. The molecule has 0 amide bonds. The second-order valence-electron chi connectivity index (χ2n) is 8.98. The van der Waals surface area contributed by atoms with Crippen LogP contribution in [0.3, 0.4) is 0 Å². The van der Waals surface area contributed by atoms with Crippen LogP contribution in [0.5, 0.6) is 17.2 Å². The first-order valence-corrected chi connectivity index (χ1v) is 12.2. The molecule has 6 rings (SSSR count). The Morgan fingerprint density at radius 3 is 2.55 bits per heavy atom. The topological polar surface area (TPSA) is 91.4 Å². The fourth-order valence-corrected chi connectivity index (χ4v) is 5.00. The summed E-state index contributed by atoms with van der Waals surface area (Å²) in [4.78, 5) is 27.7. The molecule has 0 saturated carbocycles. The molecule has 3 aromatic carbocycles. The Balaban J connectivity index is 1.42. The van der Waals surface area contributed by atoms with Crippen molar-refractivity contribution in [2.45, 2.75) is 13.1 Å². The van der Waals surface area contributed by atoms with E-state index in [0.717, 1.165) is 11.1 Å². The summed E-state index contributed by atoms with van der Waals surface area (Å²) >= 11 is 6.14. The highest BCUT2D eigenvalue weighted by Crippen LogP contribution is 2.37. The number of fused-ring (bicyclic) bond motifs is 4. The summed E-state index contributed by atoms with van der Waals surface area (Å²) in [5.74, 6) is 1.91. The summed E-state index contributed by atoms with van der Waals surface area (Å²) in [5.41, 5.74) is 2.04. The molecule has 0 aliphatic carbocycles. The highest BCUT2D eigenvalue weighted by atomic mass is 35.5. The van der Waals surface area contributed by atoms with Gasteiger partial charge in [-0.15, -0.1) is 0 Å². The monoisotopic (exact) mass is 531 g/mol. The molecule has 0 bridgehead atoms. The highest BCUT2D eigenvalue weighted by molar-refractivity contribution is 6.31. The van der Waals surface area contributed by atoms with Crippen molar-refractivity contribution in [1.29, 1.82) is 0 Å². The fraction of sp³-hybridized carbons (Fsp3) is 0.172. The van der Waals surface area contributed by atoms with Crippen molar-refractivity contribution in [3.63, 3.8) is 0 Å². The van der Waals surface area contributed by atoms with Gasteiger partial charge in [-0.25, -0.2) is 9.59 Å². The minimum Gasteiger partial charge on any atom is -0.493 e. The number of methoxy groups -OCH3 is 2. The zero-order chi connectivity index (χ0) is 26.4. The molecule has 0 spiro atoms. The maximum absolute atomic E-state index is 12.9. The smallest absolute Gasteiger partial charge is 0.344 e. The van der Waals surface area contributed by atoms with E-state index in [-0.39, 0.29) is 5.56 Å². The van der Waals surface area contributed by atoms with Gasteiger partial charge in [-0.1, -0.05) is 17.7 Å². The average molecular weight is 532 g/mol. The van der Waals surface area contributed by atoms with Crippen LogP contribution in [0.1, 0.15) is 11.1 Å². The first-order valence-electron chi connectivity index (χ1n) is 11.8. The summed E-state index contributed by atoms with van der Waals surface area (Å²) in [7, 11) is 3.19. The molecule has 0 saturated heterocycles. The van der Waals surface area contributed by atoms with E-state index in [1.165, 1.54) is 6.07 Å². The van der Waals surface area contributed by atoms with E-state index < -0.39 is 11.3 Å². The molecule has 2 aromatic heterocycles. The van der Waals surface area contributed by atoms with Crippen LogP contribution in [0.25, 0.3) is 33.1 Å². The number of rotatable bonds is 5. The molecule has 0 fully saturated rings. The summed E-state index contributed by atoms with van der Waals surface area (Å²) in [5, 5.41) is 1.76. The van der Waals surface area contributed by atoms with E-state index >= 15 is 0 Å². The SMILES string of the molecule is COc1ccc(CN2COc3ccc4c(-c5cc6cc(Cl)ccc6oc5=O)cc(=O)oc4c3C2)cc1OC. The van der Waals surface area contributed by atoms with Crippen LogP contribution in [-0.4, -0.2) is 25.9 Å². The standard InChI is InChI=1S/C29H22ClNO7/c1-34-25-6-3-16(9-26(25)35-2)13-31-14-22-24(36-15-31)8-5-19-20(12-27(32)38-28(19)22)21-11-17-10-18(30)4-7-23(17)37-29(21)33/h3-12H,13-15H2,1-2H3. The number of nitrogens with zero attached hydrogens (tertiary/aromatic N) is 1. The molecule has 192 valence electrons. The quantitative estimate of drug-likeness (QED) is 0.271. The van der Waals surface area contributed by atoms with Gasteiger partial charge in [0.15, 0.2) is 11.5 Å². The summed E-state index contributed by atoms with van der Waals surface area (Å²) in [6.45, 7) is 1.39.